The van der Waals surface area contributed by atoms with E-state index in [1.54, 1.807) is 13.8 Å². The van der Waals surface area contributed by atoms with Crippen molar-refractivity contribution < 1.29 is 23.5 Å². The lowest BCUT2D eigenvalue weighted by molar-refractivity contribution is -0.149. The summed E-state index contributed by atoms with van der Waals surface area (Å²) in [6.07, 6.45) is 1.06. The van der Waals surface area contributed by atoms with Crippen molar-refractivity contribution in [3.63, 3.8) is 0 Å². The lowest BCUT2D eigenvalue weighted by Crippen LogP contribution is -2.46. The molecule has 1 aromatic rings. The molecule has 0 spiro atoms. The number of benzene rings is 1. The summed E-state index contributed by atoms with van der Waals surface area (Å²) >= 11 is 3.19. The smallest absolute Gasteiger partial charge is 0.331 e. The van der Waals surface area contributed by atoms with Gasteiger partial charge in [-0.25, -0.2) is 14.0 Å². The number of hydrogen-bond donors (Lipinski definition) is 2. The maximum atomic E-state index is 13.5. The molecule has 0 bridgehead atoms. The van der Waals surface area contributed by atoms with E-state index in [-0.39, 0.29) is 11.6 Å². The van der Waals surface area contributed by atoms with Crippen LogP contribution in [0.5, 0.6) is 0 Å². The van der Waals surface area contributed by atoms with Gasteiger partial charge < -0.3 is 10.1 Å². The van der Waals surface area contributed by atoms with Crippen LogP contribution in [0.25, 0.3) is 6.08 Å². The third-order valence-corrected chi connectivity index (χ3v) is 3.17. The summed E-state index contributed by atoms with van der Waals surface area (Å²) in [5.74, 6) is -2.09. The quantitative estimate of drug-likeness (QED) is 0.587. The van der Waals surface area contributed by atoms with E-state index < -0.39 is 29.8 Å². The highest BCUT2D eigenvalue weighted by molar-refractivity contribution is 9.10. The Hall–Kier alpha value is -2.22. The predicted octanol–water partition coefficient (Wildman–Crippen LogP) is 2.77. The Kier molecular flexibility index (Phi) is 7.57. The molecule has 1 atom stereocenters. The Balaban J connectivity index is 2.57. The Morgan fingerprint density at radius 2 is 1.92 bits per heavy atom. The highest BCUT2D eigenvalue weighted by atomic mass is 79.9. The standard InChI is InChI=1S/C16H18BrFN2O4/c1-9(2)19-16(23)20-15(22)10(3)24-14(21)7-4-11-8-12(17)5-6-13(11)18/h4-10H,1-3H3,(H2,19,20,22,23)/b7-4+/t10-/m0/s1. The molecule has 8 heteroatoms. The summed E-state index contributed by atoms with van der Waals surface area (Å²) in [6, 6.07) is 3.45. The van der Waals surface area contributed by atoms with Crippen LogP contribution in [0.15, 0.2) is 28.7 Å². The fourth-order valence-corrected chi connectivity index (χ4v) is 1.96. The molecular weight excluding hydrogens is 383 g/mol. The average molecular weight is 401 g/mol. The van der Waals surface area contributed by atoms with Gasteiger partial charge in [0.1, 0.15) is 5.82 Å². The Bertz CT molecular complexity index is 661. The van der Waals surface area contributed by atoms with Gasteiger partial charge in [-0.3, -0.25) is 10.1 Å². The van der Waals surface area contributed by atoms with Gasteiger partial charge in [0, 0.05) is 22.2 Å². The lowest BCUT2D eigenvalue weighted by Gasteiger charge is -2.13. The van der Waals surface area contributed by atoms with E-state index in [4.69, 9.17) is 4.74 Å². The molecule has 6 nitrogen and oxygen atoms in total. The van der Waals surface area contributed by atoms with E-state index in [9.17, 15) is 18.8 Å². The highest BCUT2D eigenvalue weighted by Crippen LogP contribution is 2.16. The van der Waals surface area contributed by atoms with Crippen LogP contribution in [0, 0.1) is 5.82 Å². The molecule has 2 N–H and O–H groups in total. The monoisotopic (exact) mass is 400 g/mol. The topological polar surface area (TPSA) is 84.5 Å². The first kappa shape index (κ1) is 19.8. The van der Waals surface area contributed by atoms with E-state index in [2.05, 4.69) is 26.6 Å². The molecule has 0 unspecified atom stereocenters. The second-order valence-electron chi connectivity index (χ2n) is 5.20. The number of halogens is 2. The SMILES string of the molecule is CC(C)NC(=O)NC(=O)[C@H](C)OC(=O)/C=C/c1cc(Br)ccc1F. The maximum absolute atomic E-state index is 13.5. The van der Waals surface area contributed by atoms with Gasteiger partial charge in [0.2, 0.25) is 0 Å². The number of esters is 1. The fourth-order valence-electron chi connectivity index (χ4n) is 1.58. The third-order valence-electron chi connectivity index (χ3n) is 2.68. The fraction of sp³-hybridized carbons (Fsp3) is 0.312. The molecule has 0 aliphatic heterocycles. The summed E-state index contributed by atoms with van der Waals surface area (Å²) in [7, 11) is 0. The van der Waals surface area contributed by atoms with Crippen molar-refractivity contribution in [1.82, 2.24) is 10.6 Å². The molecule has 0 heterocycles. The number of carbonyl (C=O) groups is 3. The van der Waals surface area contributed by atoms with Crippen LogP contribution in [0.1, 0.15) is 26.3 Å². The van der Waals surface area contributed by atoms with Gasteiger partial charge >= 0.3 is 12.0 Å². The summed E-state index contributed by atoms with van der Waals surface area (Å²) in [4.78, 5) is 34.8. The van der Waals surface area contributed by atoms with Crippen LogP contribution in [0.4, 0.5) is 9.18 Å². The Labute approximate surface area is 147 Å². The van der Waals surface area contributed by atoms with Crippen molar-refractivity contribution in [2.75, 3.05) is 0 Å². The van der Waals surface area contributed by atoms with Gasteiger partial charge in [0.15, 0.2) is 6.10 Å². The number of carbonyl (C=O) groups excluding carboxylic acids is 3. The summed E-state index contributed by atoms with van der Waals surface area (Å²) in [6.45, 7) is 4.79. The molecule has 1 aromatic carbocycles. The number of ether oxygens (including phenoxy) is 1. The summed E-state index contributed by atoms with van der Waals surface area (Å²) in [5, 5.41) is 4.52. The van der Waals surface area contributed by atoms with Crippen molar-refractivity contribution in [3.05, 3.63) is 40.1 Å². The van der Waals surface area contributed by atoms with Crippen molar-refractivity contribution in [1.29, 1.82) is 0 Å². The normalized spacial score (nSPS) is 12.1. The van der Waals surface area contributed by atoms with E-state index in [1.807, 2.05) is 0 Å². The highest BCUT2D eigenvalue weighted by Gasteiger charge is 2.19. The molecule has 3 amide bonds. The maximum Gasteiger partial charge on any atom is 0.331 e. The molecule has 0 fully saturated rings. The van der Waals surface area contributed by atoms with E-state index in [0.717, 1.165) is 6.08 Å². The number of nitrogens with one attached hydrogen (secondary N) is 2. The Morgan fingerprint density at radius 1 is 1.25 bits per heavy atom. The first-order valence-corrected chi connectivity index (χ1v) is 7.93. The molecule has 0 saturated heterocycles. The van der Waals surface area contributed by atoms with E-state index in [1.165, 1.54) is 31.2 Å². The second kappa shape index (κ2) is 9.17. The van der Waals surface area contributed by atoms with Gasteiger partial charge in [-0.15, -0.1) is 0 Å². The molecule has 0 aromatic heterocycles. The molecule has 1 rings (SSSR count). The summed E-state index contributed by atoms with van der Waals surface area (Å²) < 4.78 is 19.0. The van der Waals surface area contributed by atoms with Gasteiger partial charge in [-0.05, 0) is 45.0 Å². The minimum atomic E-state index is -1.17. The van der Waals surface area contributed by atoms with Crippen molar-refractivity contribution in [3.8, 4) is 0 Å². The van der Waals surface area contributed by atoms with E-state index in [0.29, 0.717) is 4.47 Å². The Morgan fingerprint density at radius 3 is 2.54 bits per heavy atom. The molecule has 0 radical (unpaired) electrons. The van der Waals surface area contributed by atoms with Crippen LogP contribution >= 0.6 is 15.9 Å². The number of hydrogen-bond acceptors (Lipinski definition) is 4. The molecule has 0 saturated carbocycles. The lowest BCUT2D eigenvalue weighted by atomic mass is 10.2. The van der Waals surface area contributed by atoms with Gasteiger partial charge in [-0.2, -0.15) is 0 Å². The van der Waals surface area contributed by atoms with Crippen LogP contribution in [-0.4, -0.2) is 30.1 Å². The number of urea groups is 1. The van der Waals surface area contributed by atoms with E-state index >= 15 is 0 Å². The van der Waals surface area contributed by atoms with Crippen molar-refractivity contribution in [2.24, 2.45) is 0 Å². The largest absolute Gasteiger partial charge is 0.449 e. The van der Waals surface area contributed by atoms with Crippen LogP contribution in [-0.2, 0) is 14.3 Å². The third kappa shape index (κ3) is 6.91. The molecule has 0 aliphatic carbocycles. The number of rotatable bonds is 5. The molecule has 130 valence electrons. The first-order chi connectivity index (χ1) is 11.2. The van der Waals surface area contributed by atoms with Gasteiger partial charge in [0.05, 0.1) is 0 Å². The molecule has 0 aliphatic rings. The zero-order valence-corrected chi connectivity index (χ0v) is 15.0. The number of imide groups is 1. The first-order valence-electron chi connectivity index (χ1n) is 7.14. The zero-order valence-electron chi connectivity index (χ0n) is 13.4. The predicted molar refractivity (Wildman–Crippen MR) is 90.5 cm³/mol. The molecular formula is C16H18BrFN2O4. The van der Waals surface area contributed by atoms with Gasteiger partial charge in [-0.1, -0.05) is 15.9 Å². The minimum Gasteiger partial charge on any atom is -0.449 e. The van der Waals surface area contributed by atoms with Gasteiger partial charge in [0.25, 0.3) is 5.91 Å². The number of amides is 3. The zero-order chi connectivity index (χ0) is 18.3. The summed E-state index contributed by atoms with van der Waals surface area (Å²) in [5.41, 5.74) is 0.190. The van der Waals surface area contributed by atoms with Crippen LogP contribution in [0.2, 0.25) is 0 Å². The second-order valence-corrected chi connectivity index (χ2v) is 6.11. The average Bonchev–Trinajstić information content (AvgIpc) is 2.47. The van der Waals surface area contributed by atoms with Crippen molar-refractivity contribution >= 4 is 39.9 Å². The molecule has 24 heavy (non-hydrogen) atoms. The van der Waals surface area contributed by atoms with Crippen LogP contribution in [0.3, 0.4) is 0 Å². The minimum absolute atomic E-state index is 0.140. The van der Waals surface area contributed by atoms with Crippen LogP contribution < -0.4 is 10.6 Å². The van der Waals surface area contributed by atoms with Crippen molar-refractivity contribution in [2.45, 2.75) is 32.9 Å².